The molecule has 0 aliphatic rings. The van der Waals surface area contributed by atoms with Gasteiger partial charge in [-0.05, 0) is 11.6 Å². The van der Waals surface area contributed by atoms with Crippen LogP contribution >= 0.6 is 0 Å². The quantitative estimate of drug-likeness (QED) is 0.375. The van der Waals surface area contributed by atoms with Gasteiger partial charge in [0.05, 0.1) is 19.3 Å². The van der Waals surface area contributed by atoms with Crippen molar-refractivity contribution in [2.24, 2.45) is 5.92 Å². The molecule has 1 rings (SSSR count). The lowest BCUT2D eigenvalue weighted by Gasteiger charge is -2.21. The number of hydrogen-bond donors (Lipinski definition) is 0. The third-order valence-corrected chi connectivity index (χ3v) is 2.87. The molecule has 0 saturated carbocycles. The lowest BCUT2D eigenvalue weighted by molar-refractivity contribution is -0.110. The highest BCUT2D eigenvalue weighted by Gasteiger charge is 2.16. The molecule has 0 aromatic heterocycles. The molecule has 4 heteroatoms. The van der Waals surface area contributed by atoms with Crippen LogP contribution in [-0.2, 0) is 25.6 Å². The minimum absolute atomic E-state index is 0.0751. The van der Waals surface area contributed by atoms with E-state index in [0.717, 1.165) is 11.8 Å². The largest absolute Gasteiger partial charge is 0.374 e. The first kappa shape index (κ1) is 16.6. The Labute approximate surface area is 120 Å². The molecule has 2 atom stereocenters. The molecule has 0 spiro atoms. The molecule has 1 aromatic rings. The summed E-state index contributed by atoms with van der Waals surface area (Å²) in [5.41, 5.74) is 1.12. The molecule has 0 unspecified atom stereocenters. The highest BCUT2D eigenvalue weighted by molar-refractivity contribution is 5.64. The molecule has 0 N–H and O–H groups in total. The molecule has 1 aromatic carbocycles. The molecular formula is C16H22O4. The first-order valence-corrected chi connectivity index (χ1v) is 6.62. The Kier molecular flexibility index (Phi) is 8.54. The highest BCUT2D eigenvalue weighted by atomic mass is 16.7. The van der Waals surface area contributed by atoms with Gasteiger partial charge in [0.15, 0.2) is 0 Å². The average Bonchev–Trinajstić information content (AvgIpc) is 2.49. The van der Waals surface area contributed by atoms with Crippen molar-refractivity contribution in [1.82, 2.24) is 0 Å². The van der Waals surface area contributed by atoms with Crippen LogP contribution in [0.1, 0.15) is 12.5 Å². The van der Waals surface area contributed by atoms with Gasteiger partial charge in [0.25, 0.3) is 0 Å². The number of rotatable bonds is 10. The fraction of sp³-hybridized carbons (Fsp3) is 0.438. The average molecular weight is 278 g/mol. The number of carbonyl (C=O) groups excluding carboxylic acids is 1. The number of benzene rings is 1. The summed E-state index contributed by atoms with van der Waals surface area (Å²) < 4.78 is 16.2. The van der Waals surface area contributed by atoms with Crippen LogP contribution in [0, 0.1) is 5.92 Å². The Bertz CT molecular complexity index is 389. The second-order valence-corrected chi connectivity index (χ2v) is 4.49. The maximum Gasteiger partial charge on any atom is 0.146 e. The molecule has 0 aliphatic heterocycles. The van der Waals surface area contributed by atoms with Crippen molar-refractivity contribution in [3.05, 3.63) is 48.0 Å². The van der Waals surface area contributed by atoms with Crippen molar-refractivity contribution < 1.29 is 19.0 Å². The number of hydrogen-bond acceptors (Lipinski definition) is 4. The number of ether oxygens (including phenoxy) is 3. The van der Waals surface area contributed by atoms with E-state index in [9.17, 15) is 4.79 Å². The van der Waals surface area contributed by atoms with Crippen molar-refractivity contribution in [3.63, 3.8) is 0 Å². The van der Waals surface area contributed by atoms with Crippen LogP contribution in [0.5, 0.6) is 0 Å². The van der Waals surface area contributed by atoms with Crippen molar-refractivity contribution in [2.75, 3.05) is 20.5 Å². The lowest BCUT2D eigenvalue weighted by Crippen LogP contribution is -2.27. The summed E-state index contributed by atoms with van der Waals surface area (Å²) in [5.74, 6) is 0.0751. The maximum absolute atomic E-state index is 10.4. The first-order valence-electron chi connectivity index (χ1n) is 6.62. The van der Waals surface area contributed by atoms with Gasteiger partial charge in [-0.1, -0.05) is 43.3 Å². The third-order valence-electron chi connectivity index (χ3n) is 2.87. The highest BCUT2D eigenvalue weighted by Crippen LogP contribution is 2.11. The molecule has 4 nitrogen and oxygen atoms in total. The van der Waals surface area contributed by atoms with Gasteiger partial charge >= 0.3 is 0 Å². The number of methoxy groups -OCH3 is 1. The molecule has 0 saturated heterocycles. The zero-order valence-corrected chi connectivity index (χ0v) is 12.0. The van der Waals surface area contributed by atoms with Crippen molar-refractivity contribution in [1.29, 1.82) is 0 Å². The fourth-order valence-corrected chi connectivity index (χ4v) is 1.72. The Balaban J connectivity index is 2.43. The van der Waals surface area contributed by atoms with Gasteiger partial charge < -0.3 is 14.2 Å². The summed E-state index contributed by atoms with van der Waals surface area (Å²) in [5, 5.41) is 0. The first-order chi connectivity index (χ1) is 9.77. The molecule has 110 valence electrons. The normalized spacial score (nSPS) is 14.3. The zero-order chi connectivity index (χ0) is 14.6. The van der Waals surface area contributed by atoms with Crippen LogP contribution in [-0.4, -0.2) is 32.9 Å². The van der Waals surface area contributed by atoms with E-state index in [1.165, 1.54) is 6.08 Å². The molecule has 0 heterocycles. The van der Waals surface area contributed by atoms with Gasteiger partial charge in [-0.15, -0.1) is 0 Å². The standard InChI is InChI=1S/C16H22O4/c1-14(7-6-10-17)16(20-13-18-2)12-19-11-15-8-4-3-5-9-15/h3-10,14,16H,11-13H2,1-2H3/b7-6+/t14-,16+/m0/s1. The van der Waals surface area contributed by atoms with Crippen LogP contribution in [0.25, 0.3) is 0 Å². The molecular weight excluding hydrogens is 256 g/mol. The Morgan fingerprint density at radius 2 is 2.00 bits per heavy atom. The van der Waals surface area contributed by atoms with E-state index < -0.39 is 0 Å². The topological polar surface area (TPSA) is 44.8 Å². The van der Waals surface area contributed by atoms with Crippen LogP contribution < -0.4 is 0 Å². The van der Waals surface area contributed by atoms with Gasteiger partial charge in [0, 0.05) is 13.0 Å². The third kappa shape index (κ3) is 6.61. The summed E-state index contributed by atoms with van der Waals surface area (Å²) >= 11 is 0. The smallest absolute Gasteiger partial charge is 0.146 e. The summed E-state index contributed by atoms with van der Waals surface area (Å²) in [7, 11) is 1.58. The molecule has 0 amide bonds. The second-order valence-electron chi connectivity index (χ2n) is 4.49. The lowest BCUT2D eigenvalue weighted by atomic mass is 10.1. The van der Waals surface area contributed by atoms with E-state index in [4.69, 9.17) is 14.2 Å². The summed E-state index contributed by atoms with van der Waals surface area (Å²) in [6, 6.07) is 9.96. The van der Waals surface area contributed by atoms with Gasteiger partial charge in [-0.3, -0.25) is 4.79 Å². The molecule has 0 aliphatic carbocycles. The molecule has 0 radical (unpaired) electrons. The van der Waals surface area contributed by atoms with E-state index in [-0.39, 0.29) is 18.8 Å². The Morgan fingerprint density at radius 1 is 1.25 bits per heavy atom. The van der Waals surface area contributed by atoms with Crippen LogP contribution in [0.3, 0.4) is 0 Å². The van der Waals surface area contributed by atoms with Crippen LogP contribution in [0.2, 0.25) is 0 Å². The predicted octanol–water partition coefficient (Wildman–Crippen LogP) is 2.58. The molecule has 20 heavy (non-hydrogen) atoms. The Morgan fingerprint density at radius 3 is 2.65 bits per heavy atom. The summed E-state index contributed by atoms with van der Waals surface area (Å²) in [6.45, 7) is 3.17. The SMILES string of the molecule is COCO[C@H](COCc1ccccc1)[C@@H](C)/C=C/C=O. The molecule has 0 bridgehead atoms. The number of carbonyl (C=O) groups is 1. The van der Waals surface area contributed by atoms with Gasteiger partial charge in [-0.2, -0.15) is 0 Å². The van der Waals surface area contributed by atoms with Crippen LogP contribution in [0.15, 0.2) is 42.5 Å². The van der Waals surface area contributed by atoms with E-state index >= 15 is 0 Å². The molecule has 0 fully saturated rings. The summed E-state index contributed by atoms with van der Waals surface area (Å²) in [4.78, 5) is 10.4. The number of allylic oxidation sites excluding steroid dienone is 1. The van der Waals surface area contributed by atoms with Gasteiger partial charge in [0.2, 0.25) is 0 Å². The zero-order valence-electron chi connectivity index (χ0n) is 12.0. The van der Waals surface area contributed by atoms with E-state index in [1.807, 2.05) is 37.3 Å². The number of aldehydes is 1. The van der Waals surface area contributed by atoms with E-state index in [1.54, 1.807) is 13.2 Å². The fourth-order valence-electron chi connectivity index (χ4n) is 1.72. The summed E-state index contributed by atoms with van der Waals surface area (Å²) in [6.07, 6.45) is 3.90. The second kappa shape index (κ2) is 10.3. The van der Waals surface area contributed by atoms with Crippen LogP contribution in [0.4, 0.5) is 0 Å². The minimum Gasteiger partial charge on any atom is -0.374 e. The van der Waals surface area contributed by atoms with Gasteiger partial charge in [0.1, 0.15) is 13.1 Å². The van der Waals surface area contributed by atoms with Crippen molar-refractivity contribution in [3.8, 4) is 0 Å². The van der Waals surface area contributed by atoms with E-state index in [2.05, 4.69) is 0 Å². The maximum atomic E-state index is 10.4. The Hall–Kier alpha value is -1.49. The minimum atomic E-state index is -0.144. The van der Waals surface area contributed by atoms with E-state index in [0.29, 0.717) is 13.2 Å². The monoisotopic (exact) mass is 278 g/mol. The van der Waals surface area contributed by atoms with Crippen molar-refractivity contribution >= 4 is 6.29 Å². The van der Waals surface area contributed by atoms with Gasteiger partial charge in [-0.25, -0.2) is 0 Å². The van der Waals surface area contributed by atoms with Crippen molar-refractivity contribution in [2.45, 2.75) is 19.6 Å². The predicted molar refractivity (Wildman–Crippen MR) is 77.2 cm³/mol.